The second-order valence-corrected chi connectivity index (χ2v) is 6.05. The van der Waals surface area contributed by atoms with Gasteiger partial charge in [0.15, 0.2) is 0 Å². The van der Waals surface area contributed by atoms with Crippen LogP contribution in [-0.4, -0.2) is 57.6 Å². The molecule has 0 saturated carbocycles. The zero-order valence-corrected chi connectivity index (χ0v) is 13.9. The fourth-order valence-electron chi connectivity index (χ4n) is 1.65. The third-order valence-electron chi connectivity index (χ3n) is 2.80. The van der Waals surface area contributed by atoms with Crippen LogP contribution in [0.25, 0.3) is 10.8 Å². The minimum atomic E-state index is -0.391. The van der Waals surface area contributed by atoms with Crippen LogP contribution in [0, 0.1) is 0 Å². The highest BCUT2D eigenvalue weighted by atomic mass is 35.5. The Morgan fingerprint density at radius 2 is 1.17 bits per heavy atom. The van der Waals surface area contributed by atoms with E-state index in [2.05, 4.69) is 0 Å². The average Bonchev–Trinajstić information content (AvgIpc) is 2.55. The molecular formula is C16H20Cl2O5. The number of halogens is 2. The number of fused-ring (bicyclic) bond motifs is 1. The van der Waals surface area contributed by atoms with Gasteiger partial charge in [-0.15, -0.1) is 23.2 Å². The Bertz CT molecular complexity index is 542. The predicted molar refractivity (Wildman–Crippen MR) is 91.6 cm³/mol. The summed E-state index contributed by atoms with van der Waals surface area (Å²) in [6.45, 7) is 0.268. The van der Waals surface area contributed by atoms with Gasteiger partial charge in [-0.3, -0.25) is 0 Å². The summed E-state index contributed by atoms with van der Waals surface area (Å²) >= 11 is 11.0. The molecule has 2 rings (SSSR count). The number of phenolic OH excluding ortho intramolecular Hbond substituents is 2. The predicted octanol–water partition coefficient (Wildman–Crippen LogP) is 2.45. The van der Waals surface area contributed by atoms with E-state index in [-0.39, 0.29) is 37.9 Å². The first-order valence-electron chi connectivity index (χ1n) is 6.95. The molecule has 2 atom stereocenters. The summed E-state index contributed by atoms with van der Waals surface area (Å²) in [6.07, 6.45) is 0. The maximum absolute atomic E-state index is 9.14. The third kappa shape index (κ3) is 7.72. The quantitative estimate of drug-likeness (QED) is 0.592. The van der Waals surface area contributed by atoms with Gasteiger partial charge in [-0.25, -0.2) is 0 Å². The summed E-state index contributed by atoms with van der Waals surface area (Å²) in [4.78, 5) is 0. The maximum Gasteiger partial charge on any atom is 0.116 e. The molecule has 2 unspecified atom stereocenters. The van der Waals surface area contributed by atoms with E-state index in [1.807, 2.05) is 0 Å². The van der Waals surface area contributed by atoms with Crippen LogP contribution in [0.2, 0.25) is 0 Å². The van der Waals surface area contributed by atoms with Crippen molar-refractivity contribution < 1.29 is 25.2 Å². The number of aromatic hydroxyl groups is 2. The lowest BCUT2D eigenvalue weighted by atomic mass is 10.1. The van der Waals surface area contributed by atoms with Crippen molar-refractivity contribution in [3.05, 3.63) is 36.4 Å². The van der Waals surface area contributed by atoms with E-state index < -0.39 is 10.8 Å². The molecule has 0 amide bonds. The molecule has 0 saturated heterocycles. The van der Waals surface area contributed by atoms with Crippen molar-refractivity contribution in [2.24, 2.45) is 0 Å². The van der Waals surface area contributed by atoms with Gasteiger partial charge >= 0.3 is 0 Å². The number of hydrogen-bond acceptors (Lipinski definition) is 5. The van der Waals surface area contributed by atoms with E-state index in [1.165, 1.54) is 0 Å². The first-order valence-corrected chi connectivity index (χ1v) is 7.83. The van der Waals surface area contributed by atoms with E-state index in [9.17, 15) is 0 Å². The average molecular weight is 363 g/mol. The van der Waals surface area contributed by atoms with Crippen LogP contribution >= 0.6 is 23.2 Å². The Morgan fingerprint density at radius 1 is 0.783 bits per heavy atom. The van der Waals surface area contributed by atoms with Crippen molar-refractivity contribution in [1.82, 2.24) is 0 Å². The summed E-state index contributed by atoms with van der Waals surface area (Å²) in [5, 5.41) is 36.3. The van der Waals surface area contributed by atoms with Gasteiger partial charge in [-0.1, -0.05) is 12.1 Å². The topological polar surface area (TPSA) is 90.2 Å². The molecular weight excluding hydrogens is 343 g/mol. The molecule has 0 bridgehead atoms. The van der Waals surface area contributed by atoms with E-state index in [0.717, 1.165) is 10.8 Å². The van der Waals surface area contributed by atoms with Crippen molar-refractivity contribution in [3.8, 4) is 11.5 Å². The van der Waals surface area contributed by atoms with E-state index in [4.69, 9.17) is 48.4 Å². The second-order valence-electron chi connectivity index (χ2n) is 4.81. The Kier molecular flexibility index (Phi) is 9.06. The lowest BCUT2D eigenvalue weighted by molar-refractivity contribution is 0.107. The van der Waals surface area contributed by atoms with E-state index in [0.29, 0.717) is 0 Å². The van der Waals surface area contributed by atoms with Crippen molar-refractivity contribution in [3.63, 3.8) is 0 Å². The van der Waals surface area contributed by atoms with Crippen LogP contribution in [0.1, 0.15) is 0 Å². The molecule has 7 heteroatoms. The fraction of sp³-hybridized carbons (Fsp3) is 0.375. The SMILES string of the molecule is OCC(Cl)COCC(Cl)CO.Oc1ccc2cc(O)ccc2c1. The smallest absolute Gasteiger partial charge is 0.116 e. The Balaban J connectivity index is 0.000000232. The molecule has 0 aromatic heterocycles. The summed E-state index contributed by atoms with van der Waals surface area (Å²) in [6, 6.07) is 10.1. The zero-order chi connectivity index (χ0) is 17.2. The molecule has 0 aliphatic heterocycles. The molecule has 128 valence electrons. The Morgan fingerprint density at radius 3 is 1.52 bits per heavy atom. The van der Waals surface area contributed by atoms with Crippen LogP contribution < -0.4 is 0 Å². The number of rotatable bonds is 6. The lowest BCUT2D eigenvalue weighted by Crippen LogP contribution is -2.19. The van der Waals surface area contributed by atoms with Gasteiger partial charge in [-0.05, 0) is 35.0 Å². The van der Waals surface area contributed by atoms with Gasteiger partial charge in [0.1, 0.15) is 11.5 Å². The minimum absolute atomic E-state index is 0.117. The second kappa shape index (κ2) is 10.5. The number of hydrogen-bond donors (Lipinski definition) is 4. The Labute approximate surface area is 144 Å². The monoisotopic (exact) mass is 362 g/mol. The van der Waals surface area contributed by atoms with Crippen LogP contribution in [0.4, 0.5) is 0 Å². The molecule has 0 heterocycles. The molecule has 0 spiro atoms. The number of aliphatic hydroxyl groups is 2. The minimum Gasteiger partial charge on any atom is -0.508 e. The van der Waals surface area contributed by atoms with Gasteiger partial charge in [0, 0.05) is 0 Å². The molecule has 4 N–H and O–H groups in total. The zero-order valence-electron chi connectivity index (χ0n) is 12.4. The lowest BCUT2D eigenvalue weighted by Gasteiger charge is -2.09. The number of ether oxygens (including phenoxy) is 1. The maximum atomic E-state index is 9.14. The van der Waals surface area contributed by atoms with Gasteiger partial charge in [0.25, 0.3) is 0 Å². The summed E-state index contributed by atoms with van der Waals surface area (Å²) in [5.41, 5.74) is 0. The van der Waals surface area contributed by atoms with Crippen LogP contribution in [0.15, 0.2) is 36.4 Å². The van der Waals surface area contributed by atoms with E-state index in [1.54, 1.807) is 36.4 Å². The standard InChI is InChI=1S/C10H8O2.C6H12Cl2O3/c11-9-3-1-7-5-10(12)4-2-8(7)6-9;7-5(1-9)3-11-4-6(8)2-10/h1-6,11-12H;5-6,9-10H,1-4H2. The van der Waals surface area contributed by atoms with Gasteiger partial charge in [0.2, 0.25) is 0 Å². The molecule has 2 aromatic rings. The first kappa shape index (κ1) is 19.8. The molecule has 23 heavy (non-hydrogen) atoms. The van der Waals surface area contributed by atoms with Crippen LogP contribution in [0.5, 0.6) is 11.5 Å². The van der Waals surface area contributed by atoms with Crippen molar-refractivity contribution in [2.45, 2.75) is 10.8 Å². The largest absolute Gasteiger partial charge is 0.508 e. The highest BCUT2D eigenvalue weighted by molar-refractivity contribution is 6.21. The normalized spacial score (nSPS) is 13.2. The van der Waals surface area contributed by atoms with Crippen molar-refractivity contribution in [2.75, 3.05) is 26.4 Å². The Hall–Kier alpha value is -1.24. The van der Waals surface area contributed by atoms with Crippen LogP contribution in [-0.2, 0) is 4.74 Å². The van der Waals surface area contributed by atoms with Gasteiger partial charge in [0.05, 0.1) is 37.2 Å². The number of benzene rings is 2. The highest BCUT2D eigenvalue weighted by Gasteiger charge is 2.05. The molecule has 2 aromatic carbocycles. The number of alkyl halides is 2. The van der Waals surface area contributed by atoms with Crippen molar-refractivity contribution >= 4 is 34.0 Å². The first-order chi connectivity index (χ1) is 11.0. The summed E-state index contributed by atoms with van der Waals surface area (Å²) in [7, 11) is 0. The third-order valence-corrected chi connectivity index (χ3v) is 3.33. The highest BCUT2D eigenvalue weighted by Crippen LogP contribution is 2.23. The molecule has 0 aliphatic carbocycles. The summed E-state index contributed by atoms with van der Waals surface area (Å²) in [5.74, 6) is 0.487. The molecule has 0 radical (unpaired) electrons. The number of aliphatic hydroxyl groups excluding tert-OH is 2. The van der Waals surface area contributed by atoms with Crippen LogP contribution in [0.3, 0.4) is 0 Å². The van der Waals surface area contributed by atoms with Gasteiger partial charge in [-0.2, -0.15) is 0 Å². The molecule has 5 nitrogen and oxygen atoms in total. The molecule has 0 fully saturated rings. The molecule has 0 aliphatic rings. The number of phenols is 2. The van der Waals surface area contributed by atoms with E-state index >= 15 is 0 Å². The fourth-order valence-corrected chi connectivity index (χ4v) is 1.83. The summed E-state index contributed by atoms with van der Waals surface area (Å²) < 4.78 is 4.96. The van der Waals surface area contributed by atoms with Crippen molar-refractivity contribution in [1.29, 1.82) is 0 Å². The van der Waals surface area contributed by atoms with Gasteiger partial charge < -0.3 is 25.2 Å².